The summed E-state index contributed by atoms with van der Waals surface area (Å²) in [5, 5.41) is 1.76. The standard InChI is InChI=1S/C22H21ClN4S/c1-12(24)18-8-15(11-26-22(18)25)6-14-7-19(16-4-3-5-17(23)10-16)21-20(9-14)28-13(2)27-21/h3-5,7-12H,6,24H2,1-2H3,(H2,25,26). The van der Waals surface area contributed by atoms with E-state index in [2.05, 4.69) is 23.2 Å². The minimum atomic E-state index is -0.152. The van der Waals surface area contributed by atoms with Crippen LogP contribution in [0.1, 0.15) is 34.7 Å². The second-order valence-corrected chi connectivity index (χ2v) is 8.69. The quantitative estimate of drug-likeness (QED) is 0.466. The van der Waals surface area contributed by atoms with Crippen LogP contribution in [-0.2, 0) is 6.42 Å². The van der Waals surface area contributed by atoms with Gasteiger partial charge in [-0.25, -0.2) is 9.97 Å². The maximum Gasteiger partial charge on any atom is 0.128 e. The third-order valence-electron chi connectivity index (χ3n) is 4.70. The minimum absolute atomic E-state index is 0.152. The molecule has 6 heteroatoms. The van der Waals surface area contributed by atoms with E-state index >= 15 is 0 Å². The number of nitrogens with zero attached hydrogens (tertiary/aromatic N) is 2. The lowest BCUT2D eigenvalue weighted by Crippen LogP contribution is -2.10. The summed E-state index contributed by atoms with van der Waals surface area (Å²) in [6, 6.07) is 14.2. The van der Waals surface area contributed by atoms with Crippen molar-refractivity contribution >= 4 is 39.0 Å². The van der Waals surface area contributed by atoms with Crippen LogP contribution in [0, 0.1) is 6.92 Å². The van der Waals surface area contributed by atoms with E-state index in [1.54, 1.807) is 11.3 Å². The van der Waals surface area contributed by atoms with Crippen LogP contribution in [0.15, 0.2) is 48.7 Å². The molecule has 0 radical (unpaired) electrons. The van der Waals surface area contributed by atoms with Crippen molar-refractivity contribution in [3.05, 3.63) is 75.4 Å². The lowest BCUT2D eigenvalue weighted by molar-refractivity contribution is 0.812. The lowest BCUT2D eigenvalue weighted by Gasteiger charge is -2.12. The molecule has 4 rings (SSSR count). The monoisotopic (exact) mass is 408 g/mol. The average Bonchev–Trinajstić information content (AvgIpc) is 3.02. The zero-order chi connectivity index (χ0) is 19.8. The van der Waals surface area contributed by atoms with Gasteiger partial charge in [0.25, 0.3) is 0 Å². The van der Waals surface area contributed by atoms with E-state index in [9.17, 15) is 0 Å². The molecule has 4 aromatic rings. The van der Waals surface area contributed by atoms with Gasteiger partial charge in [-0.3, -0.25) is 0 Å². The molecule has 2 aromatic heterocycles. The summed E-state index contributed by atoms with van der Waals surface area (Å²) in [5.74, 6) is 0.493. The van der Waals surface area contributed by atoms with Crippen LogP contribution in [0.2, 0.25) is 5.02 Å². The topological polar surface area (TPSA) is 77.8 Å². The van der Waals surface area contributed by atoms with Gasteiger partial charge in [-0.2, -0.15) is 0 Å². The van der Waals surface area contributed by atoms with Crippen LogP contribution in [0.25, 0.3) is 21.3 Å². The molecule has 4 N–H and O–H groups in total. The Labute approximate surface area is 173 Å². The molecule has 2 heterocycles. The van der Waals surface area contributed by atoms with Crippen molar-refractivity contribution < 1.29 is 0 Å². The van der Waals surface area contributed by atoms with Crippen molar-refractivity contribution in [2.24, 2.45) is 5.73 Å². The number of thiazole rings is 1. The zero-order valence-corrected chi connectivity index (χ0v) is 17.3. The first-order valence-electron chi connectivity index (χ1n) is 9.06. The fraction of sp³-hybridized carbons (Fsp3) is 0.182. The number of benzene rings is 2. The number of aryl methyl sites for hydroxylation is 1. The number of aromatic nitrogens is 2. The zero-order valence-electron chi connectivity index (χ0n) is 15.7. The van der Waals surface area contributed by atoms with Gasteiger partial charge in [-0.1, -0.05) is 23.7 Å². The number of halogens is 1. The predicted octanol–water partition coefficient (Wildman–Crippen LogP) is 5.51. The maximum absolute atomic E-state index is 6.23. The summed E-state index contributed by atoms with van der Waals surface area (Å²) in [7, 11) is 0. The van der Waals surface area contributed by atoms with Crippen LogP contribution >= 0.6 is 22.9 Å². The van der Waals surface area contributed by atoms with Gasteiger partial charge < -0.3 is 11.5 Å². The summed E-state index contributed by atoms with van der Waals surface area (Å²) in [5.41, 5.74) is 18.3. The van der Waals surface area contributed by atoms with E-state index in [0.29, 0.717) is 10.8 Å². The summed E-state index contributed by atoms with van der Waals surface area (Å²) in [4.78, 5) is 9.07. The van der Waals surface area contributed by atoms with Crippen LogP contribution in [-0.4, -0.2) is 9.97 Å². The molecule has 2 aromatic carbocycles. The molecular weight excluding hydrogens is 388 g/mol. The van der Waals surface area contributed by atoms with E-state index in [-0.39, 0.29) is 6.04 Å². The number of fused-ring (bicyclic) bond motifs is 1. The Bertz CT molecular complexity index is 1170. The van der Waals surface area contributed by atoms with Gasteiger partial charge in [0.2, 0.25) is 0 Å². The Balaban J connectivity index is 1.81. The van der Waals surface area contributed by atoms with Crippen molar-refractivity contribution in [2.45, 2.75) is 26.3 Å². The van der Waals surface area contributed by atoms with Crippen molar-refractivity contribution in [1.82, 2.24) is 9.97 Å². The molecule has 4 nitrogen and oxygen atoms in total. The van der Waals surface area contributed by atoms with Crippen molar-refractivity contribution in [3.8, 4) is 11.1 Å². The van der Waals surface area contributed by atoms with Gasteiger partial charge in [-0.05, 0) is 67.3 Å². The van der Waals surface area contributed by atoms with Gasteiger partial charge in [-0.15, -0.1) is 11.3 Å². The van der Waals surface area contributed by atoms with Crippen molar-refractivity contribution in [2.75, 3.05) is 5.73 Å². The number of hydrogen-bond donors (Lipinski definition) is 2. The van der Waals surface area contributed by atoms with Crippen LogP contribution in [0.4, 0.5) is 5.82 Å². The molecule has 0 bridgehead atoms. The lowest BCUT2D eigenvalue weighted by atomic mass is 9.97. The number of anilines is 1. The smallest absolute Gasteiger partial charge is 0.128 e. The Kier molecular flexibility index (Phi) is 5.06. The summed E-state index contributed by atoms with van der Waals surface area (Å²) >= 11 is 7.93. The molecule has 28 heavy (non-hydrogen) atoms. The van der Waals surface area contributed by atoms with Gasteiger partial charge in [0.1, 0.15) is 5.82 Å². The normalized spacial score (nSPS) is 12.4. The highest BCUT2D eigenvalue weighted by Gasteiger charge is 2.13. The van der Waals surface area contributed by atoms with Gasteiger partial charge in [0.05, 0.1) is 15.2 Å². The van der Waals surface area contributed by atoms with E-state index in [1.807, 2.05) is 44.3 Å². The number of nitrogens with two attached hydrogens (primary N) is 2. The van der Waals surface area contributed by atoms with Gasteiger partial charge in [0.15, 0.2) is 0 Å². The minimum Gasteiger partial charge on any atom is -0.383 e. The predicted molar refractivity (Wildman–Crippen MR) is 119 cm³/mol. The molecule has 1 unspecified atom stereocenters. The first-order chi connectivity index (χ1) is 13.4. The summed E-state index contributed by atoms with van der Waals surface area (Å²) in [6.07, 6.45) is 2.57. The molecule has 0 spiro atoms. The Morgan fingerprint density at radius 2 is 1.96 bits per heavy atom. The van der Waals surface area contributed by atoms with E-state index in [0.717, 1.165) is 39.2 Å². The van der Waals surface area contributed by atoms with Crippen molar-refractivity contribution in [3.63, 3.8) is 0 Å². The second-order valence-electron chi connectivity index (χ2n) is 7.02. The molecule has 0 aliphatic carbocycles. The summed E-state index contributed by atoms with van der Waals surface area (Å²) in [6.45, 7) is 3.95. The fourth-order valence-corrected chi connectivity index (χ4v) is 4.52. The van der Waals surface area contributed by atoms with Crippen LogP contribution < -0.4 is 11.5 Å². The largest absolute Gasteiger partial charge is 0.383 e. The average molecular weight is 409 g/mol. The molecule has 0 aliphatic heterocycles. The SMILES string of the molecule is Cc1nc2c(-c3cccc(Cl)c3)cc(Cc3cnc(N)c(C(C)N)c3)cc2s1. The number of nitrogen functional groups attached to an aromatic ring is 1. The Morgan fingerprint density at radius 1 is 1.14 bits per heavy atom. The first-order valence-corrected chi connectivity index (χ1v) is 10.3. The van der Waals surface area contributed by atoms with Crippen LogP contribution in [0.3, 0.4) is 0 Å². The molecule has 0 saturated heterocycles. The third kappa shape index (κ3) is 3.74. The molecule has 142 valence electrons. The first kappa shape index (κ1) is 18.9. The molecule has 0 fully saturated rings. The molecule has 0 amide bonds. The number of hydrogen-bond acceptors (Lipinski definition) is 5. The molecule has 0 aliphatic rings. The summed E-state index contributed by atoms with van der Waals surface area (Å²) < 4.78 is 1.17. The van der Waals surface area contributed by atoms with Gasteiger partial charge in [0, 0.05) is 28.4 Å². The van der Waals surface area contributed by atoms with Crippen LogP contribution in [0.5, 0.6) is 0 Å². The van der Waals surface area contributed by atoms with E-state index < -0.39 is 0 Å². The van der Waals surface area contributed by atoms with Gasteiger partial charge >= 0.3 is 0 Å². The molecular formula is C22H21ClN4S. The Morgan fingerprint density at radius 3 is 2.71 bits per heavy atom. The highest BCUT2D eigenvalue weighted by molar-refractivity contribution is 7.18. The number of rotatable bonds is 4. The highest BCUT2D eigenvalue weighted by Crippen LogP contribution is 2.34. The third-order valence-corrected chi connectivity index (χ3v) is 5.86. The van der Waals surface area contributed by atoms with Crippen molar-refractivity contribution in [1.29, 1.82) is 0 Å². The second kappa shape index (κ2) is 7.51. The fourth-order valence-electron chi connectivity index (χ4n) is 3.41. The van der Waals surface area contributed by atoms with E-state index in [1.165, 1.54) is 10.3 Å². The maximum atomic E-state index is 6.23. The molecule has 1 atom stereocenters. The highest BCUT2D eigenvalue weighted by atomic mass is 35.5. The number of pyridine rings is 1. The van der Waals surface area contributed by atoms with E-state index in [4.69, 9.17) is 28.1 Å². The Hall–Kier alpha value is -2.47. The molecule has 0 saturated carbocycles.